The minimum absolute atomic E-state index is 0.0918. The largest absolute Gasteiger partial charge is 0.507 e. The minimum atomic E-state index is -0.951. The van der Waals surface area contributed by atoms with Crippen LogP contribution in [0.5, 0.6) is 5.75 Å². The lowest BCUT2D eigenvalue weighted by molar-refractivity contribution is -0.132. The number of benzene rings is 2. The van der Waals surface area contributed by atoms with Gasteiger partial charge in [-0.05, 0) is 68.3 Å². The van der Waals surface area contributed by atoms with Gasteiger partial charge in [0.15, 0.2) is 0 Å². The lowest BCUT2D eigenvalue weighted by Crippen LogP contribution is -2.30. The Balaban J connectivity index is 2.01. The molecule has 164 valence electrons. The molecule has 1 N–H and O–H groups in total. The zero-order chi connectivity index (χ0) is 23.2. The van der Waals surface area contributed by atoms with Crippen LogP contribution in [0.2, 0.25) is 5.02 Å². The molecule has 4 rings (SSSR count). The number of methoxy groups -OCH3 is 1. The van der Waals surface area contributed by atoms with E-state index in [9.17, 15) is 14.7 Å². The molecule has 1 saturated heterocycles. The first-order valence-electron chi connectivity index (χ1n) is 10.0. The van der Waals surface area contributed by atoms with Crippen molar-refractivity contribution in [1.82, 2.24) is 0 Å². The number of ketones is 1. The van der Waals surface area contributed by atoms with Gasteiger partial charge in [-0.15, -0.1) is 0 Å². The number of Topliss-reactive ketones (excluding diaryl/α,β-unsaturated/α-hetero) is 1. The highest BCUT2D eigenvalue weighted by molar-refractivity contribution is 6.51. The number of hydrogen-bond acceptors (Lipinski definition) is 5. The van der Waals surface area contributed by atoms with Crippen molar-refractivity contribution in [2.24, 2.45) is 0 Å². The second-order valence-electron chi connectivity index (χ2n) is 7.68. The first-order chi connectivity index (χ1) is 15.2. The van der Waals surface area contributed by atoms with Crippen LogP contribution in [0.1, 0.15) is 34.3 Å². The molecule has 32 heavy (non-hydrogen) atoms. The van der Waals surface area contributed by atoms with E-state index in [0.717, 1.165) is 11.1 Å². The van der Waals surface area contributed by atoms with Crippen LogP contribution in [0.3, 0.4) is 0 Å². The molecule has 1 unspecified atom stereocenters. The maximum Gasteiger partial charge on any atom is 0.300 e. The second kappa shape index (κ2) is 8.20. The van der Waals surface area contributed by atoms with Gasteiger partial charge in [0, 0.05) is 10.7 Å². The van der Waals surface area contributed by atoms with Crippen LogP contribution in [0.15, 0.2) is 58.5 Å². The van der Waals surface area contributed by atoms with Crippen LogP contribution >= 0.6 is 11.6 Å². The number of carbonyl (C=O) groups excluding carboxylic acids is 2. The Morgan fingerprint density at radius 2 is 1.84 bits per heavy atom. The van der Waals surface area contributed by atoms with E-state index in [2.05, 4.69) is 0 Å². The van der Waals surface area contributed by atoms with Crippen molar-refractivity contribution in [3.63, 3.8) is 0 Å². The van der Waals surface area contributed by atoms with Crippen LogP contribution in [0.25, 0.3) is 5.76 Å². The Morgan fingerprint density at radius 3 is 2.50 bits per heavy atom. The molecule has 2 heterocycles. The van der Waals surface area contributed by atoms with E-state index >= 15 is 0 Å². The third-order valence-electron chi connectivity index (χ3n) is 5.73. The van der Waals surface area contributed by atoms with Gasteiger partial charge in [0.2, 0.25) is 0 Å². The molecule has 7 heteroatoms. The minimum Gasteiger partial charge on any atom is -0.507 e. The van der Waals surface area contributed by atoms with Crippen molar-refractivity contribution < 1.29 is 23.8 Å². The summed E-state index contributed by atoms with van der Waals surface area (Å²) in [4.78, 5) is 27.9. The van der Waals surface area contributed by atoms with E-state index in [0.29, 0.717) is 28.0 Å². The molecule has 0 saturated carbocycles. The summed E-state index contributed by atoms with van der Waals surface area (Å²) in [6, 6.07) is 12.7. The highest BCUT2D eigenvalue weighted by Gasteiger charge is 2.49. The number of carbonyl (C=O) groups is 2. The standard InChI is InChI=1S/C25H22ClNO5/c1-13-6-5-7-18(15(13)3)27-22(20-10-8-14(2)32-20)21(24(29)25(27)30)23(28)17-12-16(26)9-11-19(17)31-4/h5-12,22,28H,1-4H3/b23-21-. The van der Waals surface area contributed by atoms with E-state index in [1.165, 1.54) is 18.1 Å². The van der Waals surface area contributed by atoms with Crippen molar-refractivity contribution in [2.45, 2.75) is 26.8 Å². The first-order valence-corrected chi connectivity index (χ1v) is 10.4. The average molecular weight is 452 g/mol. The van der Waals surface area contributed by atoms with Gasteiger partial charge in [0.1, 0.15) is 29.1 Å². The number of anilines is 1. The number of halogens is 1. The number of aryl methyl sites for hydroxylation is 2. The summed E-state index contributed by atoms with van der Waals surface area (Å²) in [5, 5.41) is 11.6. The fourth-order valence-electron chi connectivity index (χ4n) is 3.96. The molecule has 1 aliphatic rings. The zero-order valence-corrected chi connectivity index (χ0v) is 18.9. The number of amides is 1. The topological polar surface area (TPSA) is 80.0 Å². The van der Waals surface area contributed by atoms with Gasteiger partial charge < -0.3 is 14.3 Å². The molecule has 1 atom stereocenters. The summed E-state index contributed by atoms with van der Waals surface area (Å²) in [6.45, 7) is 5.58. The highest BCUT2D eigenvalue weighted by atomic mass is 35.5. The third-order valence-corrected chi connectivity index (χ3v) is 5.96. The number of nitrogens with zero attached hydrogens (tertiary/aromatic N) is 1. The predicted octanol–water partition coefficient (Wildman–Crippen LogP) is 5.49. The number of aliphatic hydroxyl groups excluding tert-OH is 1. The maximum absolute atomic E-state index is 13.3. The highest BCUT2D eigenvalue weighted by Crippen LogP contribution is 2.45. The van der Waals surface area contributed by atoms with Gasteiger partial charge in [0.25, 0.3) is 11.7 Å². The summed E-state index contributed by atoms with van der Waals surface area (Å²) in [7, 11) is 1.45. The molecule has 0 bridgehead atoms. The van der Waals surface area contributed by atoms with E-state index in [1.807, 2.05) is 26.0 Å². The maximum atomic E-state index is 13.3. The van der Waals surface area contributed by atoms with Gasteiger partial charge in [-0.1, -0.05) is 23.7 Å². The molecule has 1 fully saturated rings. The normalized spacial score (nSPS) is 17.8. The number of furan rings is 1. The van der Waals surface area contributed by atoms with E-state index in [4.69, 9.17) is 20.8 Å². The molecular formula is C25H22ClNO5. The Morgan fingerprint density at radius 1 is 1.09 bits per heavy atom. The van der Waals surface area contributed by atoms with Gasteiger partial charge in [-0.2, -0.15) is 0 Å². The van der Waals surface area contributed by atoms with E-state index in [-0.39, 0.29) is 16.9 Å². The van der Waals surface area contributed by atoms with Gasteiger partial charge in [-0.25, -0.2) is 0 Å². The molecular weight excluding hydrogens is 430 g/mol. The number of hydrogen-bond donors (Lipinski definition) is 1. The monoisotopic (exact) mass is 451 g/mol. The van der Waals surface area contributed by atoms with Gasteiger partial charge in [-0.3, -0.25) is 14.5 Å². The van der Waals surface area contributed by atoms with Crippen molar-refractivity contribution in [3.8, 4) is 5.75 Å². The molecule has 1 aromatic heterocycles. The van der Waals surface area contributed by atoms with Gasteiger partial charge in [0.05, 0.1) is 18.2 Å². The number of aliphatic hydroxyl groups is 1. The summed E-state index contributed by atoms with van der Waals surface area (Å²) >= 11 is 6.14. The van der Waals surface area contributed by atoms with Crippen molar-refractivity contribution >= 4 is 34.7 Å². The lowest BCUT2D eigenvalue weighted by atomic mass is 9.98. The summed E-state index contributed by atoms with van der Waals surface area (Å²) < 4.78 is 11.2. The van der Waals surface area contributed by atoms with Crippen molar-refractivity contribution in [2.75, 3.05) is 12.0 Å². The molecule has 6 nitrogen and oxygen atoms in total. The van der Waals surface area contributed by atoms with Crippen LogP contribution in [0, 0.1) is 20.8 Å². The molecule has 2 aromatic carbocycles. The average Bonchev–Trinajstić information content (AvgIpc) is 3.31. The van der Waals surface area contributed by atoms with E-state index < -0.39 is 17.7 Å². The SMILES string of the molecule is COc1ccc(Cl)cc1/C(O)=C1/C(=O)C(=O)N(c2cccc(C)c2C)C1c1ccc(C)o1. The Hall–Kier alpha value is -3.51. The molecule has 0 radical (unpaired) electrons. The number of rotatable bonds is 4. The first kappa shape index (κ1) is 21.7. The predicted molar refractivity (Wildman–Crippen MR) is 122 cm³/mol. The van der Waals surface area contributed by atoms with Gasteiger partial charge >= 0.3 is 0 Å². The Labute approximate surface area is 190 Å². The fraction of sp³-hybridized carbons (Fsp3) is 0.200. The smallest absolute Gasteiger partial charge is 0.300 e. The fourth-order valence-corrected chi connectivity index (χ4v) is 4.13. The molecule has 1 amide bonds. The quantitative estimate of drug-likeness (QED) is 0.322. The molecule has 1 aliphatic heterocycles. The van der Waals surface area contributed by atoms with Crippen molar-refractivity contribution in [3.05, 3.63) is 87.3 Å². The summed E-state index contributed by atoms with van der Waals surface area (Å²) in [5.41, 5.74) is 2.51. The van der Waals surface area contributed by atoms with Crippen LogP contribution < -0.4 is 9.64 Å². The third kappa shape index (κ3) is 3.46. The molecule has 0 aliphatic carbocycles. The Kier molecular flexibility index (Phi) is 5.57. The molecule has 0 spiro atoms. The molecule has 3 aromatic rings. The van der Waals surface area contributed by atoms with E-state index in [1.54, 1.807) is 37.3 Å². The van der Waals surface area contributed by atoms with Crippen LogP contribution in [-0.4, -0.2) is 23.9 Å². The zero-order valence-electron chi connectivity index (χ0n) is 18.1. The number of ether oxygens (including phenoxy) is 1. The summed E-state index contributed by atoms with van der Waals surface area (Å²) in [6.07, 6.45) is 0. The lowest BCUT2D eigenvalue weighted by Gasteiger charge is -2.25. The summed E-state index contributed by atoms with van der Waals surface area (Å²) in [5.74, 6) is -0.643. The van der Waals surface area contributed by atoms with Crippen LogP contribution in [-0.2, 0) is 9.59 Å². The van der Waals surface area contributed by atoms with Crippen LogP contribution in [0.4, 0.5) is 5.69 Å². The second-order valence-corrected chi connectivity index (χ2v) is 8.12. The Bertz CT molecular complexity index is 1270. The van der Waals surface area contributed by atoms with Crippen molar-refractivity contribution in [1.29, 1.82) is 0 Å².